The van der Waals surface area contributed by atoms with E-state index < -0.39 is 11.9 Å². The van der Waals surface area contributed by atoms with Gasteiger partial charge in [0.05, 0.1) is 11.4 Å². The van der Waals surface area contributed by atoms with E-state index in [-0.39, 0.29) is 17.0 Å². The van der Waals surface area contributed by atoms with Crippen LogP contribution in [0, 0.1) is 0 Å². The van der Waals surface area contributed by atoms with E-state index in [0.717, 1.165) is 28.5 Å². The van der Waals surface area contributed by atoms with Crippen molar-refractivity contribution in [1.82, 2.24) is 15.2 Å². The van der Waals surface area contributed by atoms with Gasteiger partial charge in [-0.05, 0) is 30.7 Å². The van der Waals surface area contributed by atoms with Gasteiger partial charge >= 0.3 is 6.03 Å². The van der Waals surface area contributed by atoms with E-state index in [1.54, 1.807) is 19.2 Å². The number of carbonyl (C=O) groups excluding carboxylic acids is 2. The summed E-state index contributed by atoms with van der Waals surface area (Å²) >= 11 is 2.78. The zero-order valence-corrected chi connectivity index (χ0v) is 32.2. The SMILES string of the molecule is CCCCCCCCCCCCCCCCCCNC(=O)NC1=NN(c2ccccc2)C(=O)/C1=c1/s/c(=C2\Sc3ccccc3N2C)c(=O)n1C. The third-order valence-corrected chi connectivity index (χ3v) is 12.1. The van der Waals surface area contributed by atoms with Crippen molar-refractivity contribution in [3.63, 3.8) is 0 Å². The van der Waals surface area contributed by atoms with Gasteiger partial charge in [-0.1, -0.05) is 145 Å². The summed E-state index contributed by atoms with van der Waals surface area (Å²) in [6.07, 6.45) is 20.7. The predicted molar refractivity (Wildman–Crippen MR) is 214 cm³/mol. The number of hydrazone groups is 1. The molecule has 0 bridgehead atoms. The maximum absolute atomic E-state index is 13.9. The third-order valence-electron chi connectivity index (χ3n) is 9.54. The number of para-hydroxylation sites is 2. The molecule has 0 fully saturated rings. The van der Waals surface area contributed by atoms with Crippen LogP contribution in [0.3, 0.4) is 0 Å². The number of urea groups is 1. The second-order valence-electron chi connectivity index (χ2n) is 13.5. The fourth-order valence-corrected chi connectivity index (χ4v) is 9.04. The van der Waals surface area contributed by atoms with Crippen molar-refractivity contribution in [3.8, 4) is 0 Å². The molecule has 11 heteroatoms. The van der Waals surface area contributed by atoms with Gasteiger partial charge in [0, 0.05) is 25.5 Å². The molecule has 3 amide bonds. The number of hydrogen-bond donors (Lipinski definition) is 2. The average Bonchev–Trinajstić information content (AvgIpc) is 3.75. The van der Waals surface area contributed by atoms with Crippen LogP contribution in [-0.2, 0) is 11.8 Å². The molecule has 0 aliphatic carbocycles. The van der Waals surface area contributed by atoms with E-state index in [2.05, 4.69) is 22.7 Å². The number of fused-ring (bicyclic) bond motifs is 1. The first-order valence-corrected chi connectivity index (χ1v) is 20.5. The second kappa shape index (κ2) is 19.7. The van der Waals surface area contributed by atoms with Crippen molar-refractivity contribution in [1.29, 1.82) is 0 Å². The van der Waals surface area contributed by atoms with Crippen LogP contribution in [0.25, 0.3) is 10.6 Å². The van der Waals surface area contributed by atoms with E-state index >= 15 is 0 Å². The number of aromatic nitrogens is 1. The molecule has 9 nitrogen and oxygen atoms in total. The van der Waals surface area contributed by atoms with Gasteiger partial charge in [-0.25, -0.2) is 4.79 Å². The second-order valence-corrected chi connectivity index (χ2v) is 15.5. The number of hydrogen-bond acceptors (Lipinski definition) is 7. The van der Waals surface area contributed by atoms with Crippen LogP contribution in [0.15, 0.2) is 69.4 Å². The summed E-state index contributed by atoms with van der Waals surface area (Å²) in [5.74, 6) is -0.282. The molecule has 0 spiro atoms. The van der Waals surface area contributed by atoms with Crippen LogP contribution < -0.4 is 35.3 Å². The quantitative estimate of drug-likeness (QED) is 0.130. The first kappa shape index (κ1) is 38.4. The van der Waals surface area contributed by atoms with Crippen molar-refractivity contribution in [2.45, 2.75) is 115 Å². The lowest BCUT2D eigenvalue weighted by Crippen LogP contribution is -2.42. The molecule has 0 saturated heterocycles. The standard InChI is InChI=1S/C40H54N6O3S2/c1-4-5-6-7-8-9-10-11-12-13-14-15-16-17-18-24-29-41-40(49)42-35-33(36(47)46(43-35)30-25-20-19-21-26-30)38-45(3)37(48)34(51-38)39-44(2)31-27-22-23-28-32(31)50-39/h19-23,25-28H,4-18,24,29H2,1-3H3,(H2,41,42,43,49)/b38-33+,39-34-. The molecule has 3 heterocycles. The fourth-order valence-electron chi connectivity index (χ4n) is 6.56. The molecule has 2 aromatic carbocycles. The summed E-state index contributed by atoms with van der Waals surface area (Å²) in [6.45, 7) is 2.81. The molecule has 274 valence electrons. The van der Waals surface area contributed by atoms with E-state index in [4.69, 9.17) is 0 Å². The number of nitrogens with zero attached hydrogens (tertiary/aromatic N) is 4. The molecule has 51 heavy (non-hydrogen) atoms. The van der Waals surface area contributed by atoms with Gasteiger partial charge < -0.3 is 14.8 Å². The topological polar surface area (TPSA) is 99.0 Å². The normalized spacial score (nSPS) is 16.1. The van der Waals surface area contributed by atoms with Crippen LogP contribution in [0.5, 0.6) is 0 Å². The number of rotatable bonds is 18. The number of nitrogens with one attached hydrogen (secondary N) is 2. The highest BCUT2D eigenvalue weighted by atomic mass is 32.2. The summed E-state index contributed by atoms with van der Waals surface area (Å²) in [7, 11) is 3.60. The Balaban J connectivity index is 1.14. The number of unbranched alkanes of at least 4 members (excludes halogenated alkanes) is 15. The molecule has 0 saturated carbocycles. The number of thiazole rings is 1. The number of thioether (sulfide) groups is 1. The Morgan fingerprint density at radius 1 is 0.745 bits per heavy atom. The van der Waals surface area contributed by atoms with Gasteiger partial charge in [0.2, 0.25) is 0 Å². The Labute approximate surface area is 310 Å². The molecular weight excluding hydrogens is 677 g/mol. The van der Waals surface area contributed by atoms with Gasteiger partial charge in [-0.2, -0.15) is 5.01 Å². The minimum atomic E-state index is -0.424. The van der Waals surface area contributed by atoms with Crippen LogP contribution >= 0.6 is 23.1 Å². The highest BCUT2D eigenvalue weighted by Crippen LogP contribution is 2.45. The van der Waals surface area contributed by atoms with E-state index in [1.165, 1.54) is 123 Å². The number of anilines is 2. The summed E-state index contributed by atoms with van der Waals surface area (Å²) in [4.78, 5) is 43.7. The Kier molecular flexibility index (Phi) is 14.8. The minimum Gasteiger partial charge on any atom is -0.338 e. The summed E-state index contributed by atoms with van der Waals surface area (Å²) in [6, 6.07) is 16.7. The van der Waals surface area contributed by atoms with Crippen molar-refractivity contribution < 1.29 is 9.59 Å². The van der Waals surface area contributed by atoms with E-state index in [0.29, 0.717) is 21.4 Å². The van der Waals surface area contributed by atoms with Crippen LogP contribution in [0.4, 0.5) is 16.2 Å². The highest BCUT2D eigenvalue weighted by molar-refractivity contribution is 8.08. The number of amides is 3. The number of benzene rings is 2. The van der Waals surface area contributed by atoms with E-state index in [9.17, 15) is 14.4 Å². The zero-order chi connectivity index (χ0) is 36.0. The molecule has 2 N–H and O–H groups in total. The van der Waals surface area contributed by atoms with E-state index in [1.807, 2.05) is 54.4 Å². The molecule has 2 aliphatic heterocycles. The molecule has 5 rings (SSSR count). The summed E-state index contributed by atoms with van der Waals surface area (Å²) < 4.78 is 2.45. The number of carbonyl (C=O) groups is 2. The van der Waals surface area contributed by atoms with Crippen molar-refractivity contribution in [2.75, 3.05) is 23.5 Å². The summed E-state index contributed by atoms with van der Waals surface area (Å²) in [5.41, 5.74) is 1.58. The first-order chi connectivity index (χ1) is 24.9. The fraction of sp³-hybridized carbons (Fsp3) is 0.500. The molecule has 3 aromatic rings. The van der Waals surface area contributed by atoms with Gasteiger partial charge in [0.15, 0.2) is 5.84 Å². The van der Waals surface area contributed by atoms with Crippen molar-refractivity contribution in [3.05, 3.63) is 74.1 Å². The maximum atomic E-state index is 13.9. The minimum absolute atomic E-state index is 0.123. The molecule has 0 radical (unpaired) electrons. The maximum Gasteiger partial charge on any atom is 0.320 e. The van der Waals surface area contributed by atoms with Crippen molar-refractivity contribution >= 4 is 62.8 Å². The average molecular weight is 731 g/mol. The Hall–Kier alpha value is -3.83. The van der Waals surface area contributed by atoms with Gasteiger partial charge in [-0.15, -0.1) is 16.4 Å². The molecule has 0 atom stereocenters. The lowest BCUT2D eigenvalue weighted by Gasteiger charge is -2.11. The van der Waals surface area contributed by atoms with Gasteiger partial charge in [-0.3, -0.25) is 14.9 Å². The molecule has 2 aliphatic rings. The molecule has 0 unspecified atom stereocenters. The van der Waals surface area contributed by atoms with Crippen LogP contribution in [0.1, 0.15) is 110 Å². The monoisotopic (exact) mass is 730 g/mol. The summed E-state index contributed by atoms with van der Waals surface area (Å²) in [5, 5.41) is 12.4. The molecule has 1 aromatic heterocycles. The van der Waals surface area contributed by atoms with Crippen molar-refractivity contribution in [2.24, 2.45) is 12.1 Å². The lowest BCUT2D eigenvalue weighted by molar-refractivity contribution is -0.112. The Morgan fingerprint density at radius 3 is 1.92 bits per heavy atom. The first-order valence-electron chi connectivity index (χ1n) is 18.9. The highest BCUT2D eigenvalue weighted by Gasteiger charge is 2.35. The van der Waals surface area contributed by atoms with Crippen LogP contribution in [0.2, 0.25) is 0 Å². The lowest BCUT2D eigenvalue weighted by atomic mass is 10.0. The number of amidine groups is 1. The largest absolute Gasteiger partial charge is 0.338 e. The van der Waals surface area contributed by atoms with Crippen LogP contribution in [-0.4, -0.2) is 35.9 Å². The predicted octanol–water partition coefficient (Wildman–Crippen LogP) is 7.83. The van der Waals surface area contributed by atoms with Gasteiger partial charge in [0.1, 0.15) is 19.8 Å². The Bertz CT molecular complexity index is 1830. The van der Waals surface area contributed by atoms with Gasteiger partial charge in [0.25, 0.3) is 11.5 Å². The third kappa shape index (κ3) is 10.2. The molecular formula is C40H54N6O3S2. The Morgan fingerprint density at radius 2 is 1.31 bits per heavy atom. The smallest absolute Gasteiger partial charge is 0.320 e. The zero-order valence-electron chi connectivity index (χ0n) is 30.5.